The number of carbonyl (C=O) groups excluding carboxylic acids is 1. The Bertz CT molecular complexity index is 724. The lowest BCUT2D eigenvalue weighted by atomic mass is 10.2. The Kier molecular flexibility index (Phi) is 5.91. The maximum Gasteiger partial charge on any atom is 0.237 e. The van der Waals surface area contributed by atoms with E-state index in [1.165, 1.54) is 23.9 Å². The van der Waals surface area contributed by atoms with Gasteiger partial charge in [-0.25, -0.2) is 4.39 Å². The minimum absolute atomic E-state index is 0.0444. The molecule has 2 rings (SSSR count). The van der Waals surface area contributed by atoms with Crippen molar-refractivity contribution in [2.45, 2.75) is 24.0 Å². The van der Waals surface area contributed by atoms with Crippen molar-refractivity contribution in [3.05, 3.63) is 52.8 Å². The second-order valence-electron chi connectivity index (χ2n) is 5.03. The third-order valence-corrected chi connectivity index (χ3v) is 4.57. The van der Waals surface area contributed by atoms with E-state index in [1.54, 1.807) is 20.1 Å². The van der Waals surface area contributed by atoms with Crippen molar-refractivity contribution in [1.82, 2.24) is 0 Å². The van der Waals surface area contributed by atoms with Gasteiger partial charge in [-0.2, -0.15) is 0 Å². The molecule has 0 aliphatic heterocycles. The lowest BCUT2D eigenvalue weighted by Crippen LogP contribution is -2.22. The highest BCUT2D eigenvalue weighted by Crippen LogP contribution is 2.30. The van der Waals surface area contributed by atoms with E-state index in [0.717, 1.165) is 10.5 Å². The molecule has 0 unspecified atom stereocenters. The van der Waals surface area contributed by atoms with Gasteiger partial charge >= 0.3 is 0 Å². The number of ether oxygens (including phenoxy) is 1. The summed E-state index contributed by atoms with van der Waals surface area (Å²) in [5, 5.41) is 2.53. The Balaban J connectivity index is 2.08. The number of hydrogen-bond donors (Lipinski definition) is 1. The molecule has 0 heterocycles. The summed E-state index contributed by atoms with van der Waals surface area (Å²) in [6.45, 7) is 3.72. The average molecular weight is 354 g/mol. The first-order valence-corrected chi connectivity index (χ1v) is 8.23. The fraction of sp³-hybridized carbons (Fsp3) is 0.235. The Morgan fingerprint density at radius 2 is 2.04 bits per heavy atom. The maximum atomic E-state index is 13.2. The first-order chi connectivity index (χ1) is 10.9. The third-order valence-electron chi connectivity index (χ3n) is 3.19. The van der Waals surface area contributed by atoms with Crippen LogP contribution < -0.4 is 10.1 Å². The molecule has 0 spiro atoms. The van der Waals surface area contributed by atoms with Crippen molar-refractivity contribution in [3.63, 3.8) is 0 Å². The molecule has 0 saturated heterocycles. The van der Waals surface area contributed by atoms with Crippen LogP contribution in [0.15, 0.2) is 41.3 Å². The number of carbonyl (C=O) groups is 1. The zero-order valence-electron chi connectivity index (χ0n) is 13.0. The highest BCUT2D eigenvalue weighted by atomic mass is 35.5. The molecule has 0 bridgehead atoms. The Morgan fingerprint density at radius 1 is 1.30 bits per heavy atom. The number of hydrogen-bond acceptors (Lipinski definition) is 3. The van der Waals surface area contributed by atoms with Gasteiger partial charge in [0.15, 0.2) is 0 Å². The number of aryl methyl sites for hydroxylation is 1. The van der Waals surface area contributed by atoms with Crippen molar-refractivity contribution < 1.29 is 13.9 Å². The number of nitrogens with one attached hydrogen (secondary N) is 1. The molecule has 0 saturated carbocycles. The molecule has 0 aromatic heterocycles. The molecule has 0 aliphatic carbocycles. The molecule has 1 N–H and O–H groups in total. The fourth-order valence-corrected chi connectivity index (χ4v) is 3.11. The number of halogens is 2. The summed E-state index contributed by atoms with van der Waals surface area (Å²) in [6, 6.07) is 9.97. The number of methoxy groups -OCH3 is 1. The van der Waals surface area contributed by atoms with Crippen LogP contribution in [0.5, 0.6) is 5.75 Å². The topological polar surface area (TPSA) is 38.3 Å². The van der Waals surface area contributed by atoms with Crippen LogP contribution in [-0.4, -0.2) is 18.3 Å². The standard InChI is InChI=1S/C17H17ClFNO2S/c1-10-4-7-16(22-3)15(8-10)20-17(21)11(2)23-12-5-6-14(19)13(18)9-12/h4-9,11H,1-3H3,(H,20,21)/t11-/m0/s1. The van der Waals surface area contributed by atoms with Crippen LogP contribution in [0.1, 0.15) is 12.5 Å². The smallest absolute Gasteiger partial charge is 0.237 e. The van der Waals surface area contributed by atoms with Gasteiger partial charge in [-0.3, -0.25) is 4.79 Å². The van der Waals surface area contributed by atoms with Gasteiger partial charge in [0.1, 0.15) is 11.6 Å². The molecule has 1 amide bonds. The summed E-state index contributed by atoms with van der Waals surface area (Å²) in [7, 11) is 1.55. The summed E-state index contributed by atoms with van der Waals surface area (Å²) < 4.78 is 18.4. The number of anilines is 1. The summed E-state index contributed by atoms with van der Waals surface area (Å²) >= 11 is 7.07. The highest BCUT2D eigenvalue weighted by Gasteiger charge is 2.17. The van der Waals surface area contributed by atoms with Crippen LogP contribution in [0.2, 0.25) is 5.02 Å². The van der Waals surface area contributed by atoms with E-state index >= 15 is 0 Å². The highest BCUT2D eigenvalue weighted by molar-refractivity contribution is 8.00. The largest absolute Gasteiger partial charge is 0.495 e. The summed E-state index contributed by atoms with van der Waals surface area (Å²) in [5.41, 5.74) is 1.65. The maximum absolute atomic E-state index is 13.2. The van der Waals surface area contributed by atoms with Gasteiger partial charge in [0.25, 0.3) is 0 Å². The van der Waals surface area contributed by atoms with Crippen molar-refractivity contribution in [3.8, 4) is 5.75 Å². The SMILES string of the molecule is COc1ccc(C)cc1NC(=O)[C@H](C)Sc1ccc(F)c(Cl)c1. The van der Waals surface area contributed by atoms with Gasteiger partial charge in [0.05, 0.1) is 23.1 Å². The monoisotopic (exact) mass is 353 g/mol. The first kappa shape index (κ1) is 17.6. The predicted octanol–water partition coefficient (Wildman–Crippen LogP) is 4.92. The van der Waals surface area contributed by atoms with E-state index in [4.69, 9.17) is 16.3 Å². The zero-order chi connectivity index (χ0) is 17.0. The molecular weight excluding hydrogens is 337 g/mol. The number of rotatable bonds is 5. The second kappa shape index (κ2) is 7.70. The minimum Gasteiger partial charge on any atom is -0.495 e. The Hall–Kier alpha value is -1.72. The van der Waals surface area contributed by atoms with Gasteiger partial charge in [0, 0.05) is 4.90 Å². The van der Waals surface area contributed by atoms with E-state index in [1.807, 2.05) is 25.1 Å². The molecule has 1 atom stereocenters. The predicted molar refractivity (Wildman–Crippen MR) is 93.1 cm³/mol. The fourth-order valence-electron chi connectivity index (χ4n) is 1.96. The zero-order valence-corrected chi connectivity index (χ0v) is 14.6. The van der Waals surface area contributed by atoms with Crippen LogP contribution in [0.25, 0.3) is 0 Å². The lowest BCUT2D eigenvalue weighted by molar-refractivity contribution is -0.115. The Morgan fingerprint density at radius 3 is 2.70 bits per heavy atom. The van der Waals surface area contributed by atoms with Crippen LogP contribution in [0.4, 0.5) is 10.1 Å². The normalized spacial score (nSPS) is 11.9. The third kappa shape index (κ3) is 4.62. The molecular formula is C17H17ClFNO2S. The number of amides is 1. The van der Waals surface area contributed by atoms with Gasteiger partial charge in [0.2, 0.25) is 5.91 Å². The minimum atomic E-state index is -0.474. The quantitative estimate of drug-likeness (QED) is 0.776. The van der Waals surface area contributed by atoms with E-state index in [2.05, 4.69) is 5.32 Å². The molecule has 0 radical (unpaired) electrons. The van der Waals surface area contributed by atoms with Crippen molar-refractivity contribution in [1.29, 1.82) is 0 Å². The van der Waals surface area contributed by atoms with Crippen LogP contribution >= 0.6 is 23.4 Å². The average Bonchev–Trinajstić information content (AvgIpc) is 2.51. The van der Waals surface area contributed by atoms with Gasteiger partial charge in [-0.15, -0.1) is 11.8 Å². The Labute approximate surface area is 144 Å². The van der Waals surface area contributed by atoms with Gasteiger partial charge in [-0.1, -0.05) is 17.7 Å². The number of thioether (sulfide) groups is 1. The molecule has 3 nitrogen and oxygen atoms in total. The van der Waals surface area contributed by atoms with Crippen molar-refractivity contribution in [2.24, 2.45) is 0 Å². The summed E-state index contributed by atoms with van der Waals surface area (Å²) in [4.78, 5) is 13.1. The molecule has 23 heavy (non-hydrogen) atoms. The van der Waals surface area contributed by atoms with Crippen molar-refractivity contribution in [2.75, 3.05) is 12.4 Å². The number of benzene rings is 2. The van der Waals surface area contributed by atoms with Crippen molar-refractivity contribution >= 4 is 35.0 Å². The van der Waals surface area contributed by atoms with E-state index in [0.29, 0.717) is 11.4 Å². The molecule has 0 aliphatic rings. The van der Waals surface area contributed by atoms with E-state index in [-0.39, 0.29) is 16.2 Å². The van der Waals surface area contributed by atoms with Gasteiger partial charge in [-0.05, 0) is 49.7 Å². The molecule has 2 aromatic carbocycles. The van der Waals surface area contributed by atoms with Crippen LogP contribution in [-0.2, 0) is 4.79 Å². The van der Waals surface area contributed by atoms with Crippen LogP contribution in [0, 0.1) is 12.7 Å². The van der Waals surface area contributed by atoms with E-state index in [9.17, 15) is 9.18 Å². The second-order valence-corrected chi connectivity index (χ2v) is 6.85. The first-order valence-electron chi connectivity index (χ1n) is 6.98. The molecule has 0 fully saturated rings. The molecule has 6 heteroatoms. The van der Waals surface area contributed by atoms with Crippen LogP contribution in [0.3, 0.4) is 0 Å². The molecule has 2 aromatic rings. The van der Waals surface area contributed by atoms with E-state index < -0.39 is 5.82 Å². The molecule has 122 valence electrons. The summed E-state index contributed by atoms with van der Waals surface area (Å²) in [6.07, 6.45) is 0. The lowest BCUT2D eigenvalue weighted by Gasteiger charge is -2.15. The van der Waals surface area contributed by atoms with Gasteiger partial charge < -0.3 is 10.1 Å². The summed E-state index contributed by atoms with van der Waals surface area (Å²) in [5.74, 6) is -0.0389.